The molecule has 1 aliphatic rings. The average Bonchev–Trinajstić information content (AvgIpc) is 2.79. The number of carbonyl (C=O) groups excluding carboxylic acids is 1. The van der Waals surface area contributed by atoms with E-state index >= 15 is 0 Å². The Bertz CT molecular complexity index is 920. The monoisotopic (exact) mass is 374 g/mol. The SMILES string of the molecule is O=CN1CCNCC1(COc1cccnc1)c1cccc(-c2ccccc2)n1. The number of carbonyl (C=O) groups is 1. The van der Waals surface area contributed by atoms with Crippen molar-refractivity contribution in [3.63, 3.8) is 0 Å². The number of pyridine rings is 2. The summed E-state index contributed by atoms with van der Waals surface area (Å²) in [4.78, 5) is 22.7. The molecule has 0 spiro atoms. The second-order valence-electron chi connectivity index (χ2n) is 6.76. The Morgan fingerprint density at radius 2 is 2.00 bits per heavy atom. The van der Waals surface area contributed by atoms with E-state index in [1.807, 2.05) is 60.7 Å². The Hall–Kier alpha value is -3.25. The lowest BCUT2D eigenvalue weighted by Gasteiger charge is -2.44. The number of ether oxygens (including phenoxy) is 1. The molecule has 1 atom stereocenters. The first kappa shape index (κ1) is 18.1. The first-order valence-electron chi connectivity index (χ1n) is 9.30. The van der Waals surface area contributed by atoms with Crippen LogP contribution in [0.1, 0.15) is 5.69 Å². The van der Waals surface area contributed by atoms with Crippen LogP contribution in [-0.2, 0) is 10.3 Å². The van der Waals surface area contributed by atoms with Crippen molar-refractivity contribution < 1.29 is 9.53 Å². The maximum atomic E-state index is 11.9. The van der Waals surface area contributed by atoms with Gasteiger partial charge in [0.05, 0.1) is 17.6 Å². The molecule has 1 saturated heterocycles. The Balaban J connectivity index is 1.72. The van der Waals surface area contributed by atoms with Crippen molar-refractivity contribution in [1.29, 1.82) is 0 Å². The lowest BCUT2D eigenvalue weighted by molar-refractivity contribution is -0.127. The summed E-state index contributed by atoms with van der Waals surface area (Å²) in [5.41, 5.74) is 2.02. The molecule has 3 heterocycles. The molecule has 1 aliphatic heterocycles. The summed E-state index contributed by atoms with van der Waals surface area (Å²) in [6.07, 6.45) is 4.26. The van der Waals surface area contributed by atoms with Gasteiger partial charge in [0, 0.05) is 31.4 Å². The maximum absolute atomic E-state index is 11.9. The number of amides is 1. The third-order valence-electron chi connectivity index (χ3n) is 5.03. The quantitative estimate of drug-likeness (QED) is 0.672. The van der Waals surface area contributed by atoms with Crippen molar-refractivity contribution in [3.05, 3.63) is 78.8 Å². The predicted molar refractivity (Wildman–Crippen MR) is 107 cm³/mol. The van der Waals surface area contributed by atoms with E-state index in [4.69, 9.17) is 9.72 Å². The number of aromatic nitrogens is 2. The van der Waals surface area contributed by atoms with E-state index in [0.717, 1.165) is 29.9 Å². The predicted octanol–water partition coefficient (Wildman–Crippen LogP) is 2.48. The fourth-order valence-corrected chi connectivity index (χ4v) is 3.51. The maximum Gasteiger partial charge on any atom is 0.210 e. The lowest BCUT2D eigenvalue weighted by Crippen LogP contribution is -2.61. The van der Waals surface area contributed by atoms with Gasteiger partial charge in [-0.3, -0.25) is 14.8 Å². The summed E-state index contributed by atoms with van der Waals surface area (Å²) in [5, 5.41) is 3.40. The van der Waals surface area contributed by atoms with Gasteiger partial charge in [0.15, 0.2) is 0 Å². The van der Waals surface area contributed by atoms with Crippen LogP contribution in [0.15, 0.2) is 73.1 Å². The minimum absolute atomic E-state index is 0.287. The van der Waals surface area contributed by atoms with Crippen molar-refractivity contribution in [3.8, 4) is 17.0 Å². The fraction of sp³-hybridized carbons (Fsp3) is 0.227. The highest BCUT2D eigenvalue weighted by atomic mass is 16.5. The van der Waals surface area contributed by atoms with Crippen LogP contribution in [-0.4, -0.2) is 47.5 Å². The van der Waals surface area contributed by atoms with Gasteiger partial charge in [-0.1, -0.05) is 36.4 Å². The molecule has 1 unspecified atom stereocenters. The van der Waals surface area contributed by atoms with Gasteiger partial charge in [-0.25, -0.2) is 0 Å². The van der Waals surface area contributed by atoms with Gasteiger partial charge < -0.3 is 15.0 Å². The van der Waals surface area contributed by atoms with E-state index in [2.05, 4.69) is 10.3 Å². The van der Waals surface area contributed by atoms with E-state index in [0.29, 0.717) is 18.8 Å². The van der Waals surface area contributed by atoms with E-state index in [-0.39, 0.29) is 6.61 Å². The molecule has 2 aromatic heterocycles. The molecule has 1 aromatic carbocycles. The molecule has 4 rings (SSSR count). The normalized spacial score (nSPS) is 19.2. The van der Waals surface area contributed by atoms with Crippen LogP contribution < -0.4 is 10.1 Å². The number of piperazine rings is 1. The first-order valence-corrected chi connectivity index (χ1v) is 9.30. The number of benzene rings is 1. The third-order valence-corrected chi connectivity index (χ3v) is 5.03. The van der Waals surface area contributed by atoms with Gasteiger partial charge in [0.2, 0.25) is 6.41 Å². The second-order valence-corrected chi connectivity index (χ2v) is 6.76. The largest absolute Gasteiger partial charge is 0.489 e. The van der Waals surface area contributed by atoms with Crippen molar-refractivity contribution in [2.45, 2.75) is 5.54 Å². The summed E-state index contributed by atoms with van der Waals surface area (Å²) in [6, 6.07) is 19.6. The molecule has 0 radical (unpaired) electrons. The number of rotatable bonds is 6. The summed E-state index contributed by atoms with van der Waals surface area (Å²) >= 11 is 0. The van der Waals surface area contributed by atoms with Gasteiger partial charge in [-0.15, -0.1) is 0 Å². The fourth-order valence-electron chi connectivity index (χ4n) is 3.51. The number of hydrogen-bond acceptors (Lipinski definition) is 5. The highest BCUT2D eigenvalue weighted by Crippen LogP contribution is 2.30. The zero-order valence-electron chi connectivity index (χ0n) is 15.5. The third kappa shape index (κ3) is 3.59. The molecule has 1 N–H and O–H groups in total. The molecule has 0 saturated carbocycles. The molecule has 142 valence electrons. The molecular formula is C22H22N4O2. The zero-order chi connectivity index (χ0) is 19.2. The van der Waals surface area contributed by atoms with Crippen LogP contribution in [0.4, 0.5) is 0 Å². The minimum atomic E-state index is -0.694. The zero-order valence-corrected chi connectivity index (χ0v) is 15.5. The van der Waals surface area contributed by atoms with Crippen molar-refractivity contribution in [1.82, 2.24) is 20.2 Å². The molecule has 1 amide bonds. The molecule has 6 heteroatoms. The lowest BCUT2D eigenvalue weighted by atomic mass is 9.90. The molecule has 6 nitrogen and oxygen atoms in total. The van der Waals surface area contributed by atoms with Crippen LogP contribution >= 0.6 is 0 Å². The van der Waals surface area contributed by atoms with Crippen molar-refractivity contribution >= 4 is 6.41 Å². The minimum Gasteiger partial charge on any atom is -0.489 e. The van der Waals surface area contributed by atoms with E-state index in [1.165, 1.54) is 0 Å². The molecule has 0 bridgehead atoms. The molecule has 28 heavy (non-hydrogen) atoms. The highest BCUT2D eigenvalue weighted by Gasteiger charge is 2.42. The van der Waals surface area contributed by atoms with Crippen LogP contribution in [0, 0.1) is 0 Å². The van der Waals surface area contributed by atoms with Crippen molar-refractivity contribution in [2.24, 2.45) is 0 Å². The van der Waals surface area contributed by atoms with Crippen LogP contribution in [0.5, 0.6) is 5.75 Å². The second kappa shape index (κ2) is 8.19. The summed E-state index contributed by atoms with van der Waals surface area (Å²) in [5.74, 6) is 0.664. The molecule has 3 aromatic rings. The Morgan fingerprint density at radius 3 is 2.79 bits per heavy atom. The smallest absolute Gasteiger partial charge is 0.210 e. The van der Waals surface area contributed by atoms with E-state index < -0.39 is 5.54 Å². The van der Waals surface area contributed by atoms with Crippen LogP contribution in [0.3, 0.4) is 0 Å². The van der Waals surface area contributed by atoms with Gasteiger partial charge in [0.25, 0.3) is 0 Å². The highest BCUT2D eigenvalue weighted by molar-refractivity contribution is 5.59. The van der Waals surface area contributed by atoms with Crippen LogP contribution in [0.25, 0.3) is 11.3 Å². The Morgan fingerprint density at radius 1 is 1.11 bits per heavy atom. The first-order chi connectivity index (χ1) is 13.8. The number of nitrogens with zero attached hydrogens (tertiary/aromatic N) is 3. The molecule has 1 fully saturated rings. The number of hydrogen-bond donors (Lipinski definition) is 1. The van der Waals surface area contributed by atoms with E-state index in [9.17, 15) is 4.79 Å². The van der Waals surface area contributed by atoms with Crippen molar-refractivity contribution in [2.75, 3.05) is 26.2 Å². The summed E-state index contributed by atoms with van der Waals surface area (Å²) in [6.45, 7) is 2.19. The number of nitrogens with one attached hydrogen (secondary N) is 1. The molecule has 0 aliphatic carbocycles. The standard InChI is InChI=1S/C22H22N4O2/c27-17-26-13-12-24-15-22(26,16-28-19-8-5-11-23-14-19)21-10-4-9-20(25-21)18-6-2-1-3-7-18/h1-11,14,17,24H,12-13,15-16H2. The van der Waals surface area contributed by atoms with Crippen LogP contribution in [0.2, 0.25) is 0 Å². The Kier molecular flexibility index (Phi) is 5.30. The topological polar surface area (TPSA) is 67.4 Å². The van der Waals surface area contributed by atoms with Gasteiger partial charge in [0.1, 0.15) is 17.9 Å². The Labute approximate surface area is 164 Å². The van der Waals surface area contributed by atoms with Gasteiger partial charge >= 0.3 is 0 Å². The summed E-state index contributed by atoms with van der Waals surface area (Å²) in [7, 11) is 0. The molecular weight excluding hydrogens is 352 g/mol. The van der Waals surface area contributed by atoms with Gasteiger partial charge in [-0.2, -0.15) is 0 Å². The van der Waals surface area contributed by atoms with E-state index in [1.54, 1.807) is 17.3 Å². The van der Waals surface area contributed by atoms with Gasteiger partial charge in [-0.05, 0) is 24.3 Å². The summed E-state index contributed by atoms with van der Waals surface area (Å²) < 4.78 is 6.04. The average molecular weight is 374 g/mol.